The largest absolute Gasteiger partial charge is 0.480 e. The molecule has 0 aromatic heterocycles. The topological polar surface area (TPSA) is 113 Å². The van der Waals surface area contributed by atoms with Crippen LogP contribution < -0.4 is 0 Å². The first-order chi connectivity index (χ1) is 17.5. The maximum absolute atomic E-state index is 13.7. The Morgan fingerprint density at radius 1 is 1.14 bits per heavy atom. The van der Waals surface area contributed by atoms with Gasteiger partial charge in [-0.2, -0.15) is 0 Å². The van der Waals surface area contributed by atoms with Crippen molar-refractivity contribution in [3.05, 3.63) is 41.0 Å². The Kier molecular flexibility index (Phi) is 7.73. The van der Waals surface area contributed by atoms with Crippen LogP contribution in [0.15, 0.2) is 24.3 Å². The highest BCUT2D eigenvalue weighted by Crippen LogP contribution is 2.35. The molecule has 9 nitrogen and oxygen atoms in total. The lowest BCUT2D eigenvalue weighted by atomic mass is 9.75. The van der Waals surface area contributed by atoms with Crippen molar-refractivity contribution < 1.29 is 33.8 Å². The lowest BCUT2D eigenvalue weighted by Gasteiger charge is -2.34. The van der Waals surface area contributed by atoms with Crippen LogP contribution >= 0.6 is 0 Å². The number of ether oxygens (including phenoxy) is 2. The molecule has 4 bridgehead atoms. The smallest absolute Gasteiger partial charge is 0.410 e. The number of amides is 2. The van der Waals surface area contributed by atoms with Crippen LogP contribution in [-0.4, -0.2) is 70.6 Å². The third-order valence-corrected chi connectivity index (χ3v) is 7.55. The minimum atomic E-state index is -1.15. The number of Topliss-reactive ketones (excluding diaryl/α,β-unsaturated/α-hetero) is 1. The molecule has 1 fully saturated rings. The van der Waals surface area contributed by atoms with Gasteiger partial charge in [0.1, 0.15) is 17.9 Å². The van der Waals surface area contributed by atoms with Crippen LogP contribution in [0.2, 0.25) is 0 Å². The first-order valence-electron chi connectivity index (χ1n) is 12.8. The zero-order valence-electron chi connectivity index (χ0n) is 21.9. The number of fused-ring (bicyclic) bond motifs is 3. The Balaban J connectivity index is 1.64. The first kappa shape index (κ1) is 26.9. The molecule has 1 aromatic carbocycles. The van der Waals surface area contributed by atoms with Gasteiger partial charge in [0.15, 0.2) is 0 Å². The minimum absolute atomic E-state index is 0.0106. The van der Waals surface area contributed by atoms with Gasteiger partial charge >= 0.3 is 12.1 Å². The van der Waals surface area contributed by atoms with Gasteiger partial charge in [-0.05, 0) is 22.1 Å². The van der Waals surface area contributed by atoms with Crippen LogP contribution in [0.5, 0.6) is 0 Å². The lowest BCUT2D eigenvalue weighted by Crippen LogP contribution is -2.47. The maximum atomic E-state index is 13.7. The van der Waals surface area contributed by atoms with Gasteiger partial charge in [0.05, 0.1) is 26.3 Å². The fourth-order valence-corrected chi connectivity index (χ4v) is 5.26. The molecule has 0 unspecified atom stereocenters. The van der Waals surface area contributed by atoms with E-state index in [1.165, 1.54) is 4.90 Å². The van der Waals surface area contributed by atoms with Gasteiger partial charge in [0.2, 0.25) is 5.91 Å². The van der Waals surface area contributed by atoms with Crippen molar-refractivity contribution in [2.75, 3.05) is 19.8 Å². The fraction of sp³-hybridized carbons (Fsp3) is 0.571. The molecule has 37 heavy (non-hydrogen) atoms. The molecule has 200 valence electrons. The van der Waals surface area contributed by atoms with E-state index in [4.69, 9.17) is 9.47 Å². The molecule has 4 rings (SSSR count). The summed E-state index contributed by atoms with van der Waals surface area (Å²) in [6.07, 6.45) is 2.56. The van der Waals surface area contributed by atoms with Crippen molar-refractivity contribution in [2.24, 2.45) is 17.3 Å². The summed E-state index contributed by atoms with van der Waals surface area (Å²) in [6, 6.07) is 4.76. The summed E-state index contributed by atoms with van der Waals surface area (Å²) in [5.41, 5.74) is 2.45. The molecule has 0 radical (unpaired) electrons. The van der Waals surface area contributed by atoms with E-state index in [0.29, 0.717) is 19.7 Å². The molecule has 9 heteroatoms. The van der Waals surface area contributed by atoms with Crippen LogP contribution in [0.3, 0.4) is 0 Å². The molecule has 1 N–H and O–H groups in total. The van der Waals surface area contributed by atoms with Crippen molar-refractivity contribution in [2.45, 2.75) is 65.8 Å². The van der Waals surface area contributed by atoms with E-state index in [2.05, 4.69) is 0 Å². The molecule has 3 aliphatic rings. The van der Waals surface area contributed by atoms with Crippen molar-refractivity contribution in [1.82, 2.24) is 9.80 Å². The highest BCUT2D eigenvalue weighted by molar-refractivity contribution is 5.91. The van der Waals surface area contributed by atoms with E-state index < -0.39 is 47.4 Å². The lowest BCUT2D eigenvalue weighted by molar-refractivity contribution is -0.152. The zero-order chi connectivity index (χ0) is 26.9. The van der Waals surface area contributed by atoms with Gasteiger partial charge in [-0.15, -0.1) is 0 Å². The molecule has 0 spiro atoms. The highest BCUT2D eigenvalue weighted by atomic mass is 16.6. The third kappa shape index (κ3) is 5.87. The predicted molar refractivity (Wildman–Crippen MR) is 135 cm³/mol. The Hall–Kier alpha value is -3.20. The molecular formula is C28H36N2O7. The summed E-state index contributed by atoms with van der Waals surface area (Å²) in [7, 11) is 0. The van der Waals surface area contributed by atoms with Crippen molar-refractivity contribution in [3.8, 4) is 0 Å². The van der Waals surface area contributed by atoms with Gasteiger partial charge in [-0.1, -0.05) is 58.0 Å². The number of aliphatic carboxylic acids is 1. The average Bonchev–Trinajstić information content (AvgIpc) is 3.45. The number of rotatable bonds is 1. The van der Waals surface area contributed by atoms with Gasteiger partial charge in [0.25, 0.3) is 0 Å². The number of carboxylic acids is 1. The summed E-state index contributed by atoms with van der Waals surface area (Å²) < 4.78 is 11.5. The molecule has 0 saturated carbocycles. The van der Waals surface area contributed by atoms with Crippen LogP contribution in [-0.2, 0) is 36.9 Å². The minimum Gasteiger partial charge on any atom is -0.480 e. The molecular weight excluding hydrogens is 476 g/mol. The Bertz CT molecular complexity index is 1110. The summed E-state index contributed by atoms with van der Waals surface area (Å²) >= 11 is 0. The van der Waals surface area contributed by atoms with Crippen molar-refractivity contribution >= 4 is 29.8 Å². The van der Waals surface area contributed by atoms with Crippen LogP contribution in [0.4, 0.5) is 4.79 Å². The highest BCUT2D eigenvalue weighted by Gasteiger charge is 2.46. The molecule has 3 heterocycles. The Morgan fingerprint density at radius 2 is 1.89 bits per heavy atom. The van der Waals surface area contributed by atoms with Gasteiger partial charge < -0.3 is 19.5 Å². The summed E-state index contributed by atoms with van der Waals surface area (Å²) in [5, 5.41) is 9.87. The number of hydrogen-bond donors (Lipinski definition) is 1. The SMILES string of the molecule is C[C@H]1COC/C=C/c2cccc3c2CN(C3)C(=O)O[C@@H]2C[C@@H](C(=O)O)N(C2)C(=O)[C@H](C(C)(C)C)CC1=O. The number of ketones is 1. The number of benzene rings is 1. The van der Waals surface area contributed by atoms with Crippen molar-refractivity contribution in [3.63, 3.8) is 0 Å². The summed E-state index contributed by atoms with van der Waals surface area (Å²) in [5.74, 6) is -2.79. The summed E-state index contributed by atoms with van der Waals surface area (Å²) in [6.45, 7) is 8.69. The summed E-state index contributed by atoms with van der Waals surface area (Å²) in [4.78, 5) is 54.7. The molecule has 1 saturated heterocycles. The van der Waals surface area contributed by atoms with Crippen LogP contribution in [0.1, 0.15) is 57.2 Å². The maximum Gasteiger partial charge on any atom is 0.410 e. The van der Waals surface area contributed by atoms with E-state index in [0.717, 1.165) is 16.7 Å². The third-order valence-electron chi connectivity index (χ3n) is 7.55. The van der Waals surface area contributed by atoms with Gasteiger partial charge in [-0.25, -0.2) is 9.59 Å². The van der Waals surface area contributed by atoms with E-state index in [1.54, 1.807) is 11.8 Å². The standard InChI is InChI=1S/C28H36N2O7/c1-17-16-36-10-6-9-18-7-5-8-19-13-29(15-21(18)19)27(35)37-20-11-23(26(33)34)30(14-20)25(32)22(12-24(17)31)28(2,3)4/h5-9,17,20,22-23H,10-16H2,1-4H3,(H,33,34)/b9-6+/t17-,20+,22+,23-/m0/s1. The van der Waals surface area contributed by atoms with E-state index in [1.807, 2.05) is 51.1 Å². The Labute approximate surface area is 217 Å². The fourth-order valence-electron chi connectivity index (χ4n) is 5.26. The van der Waals surface area contributed by atoms with E-state index >= 15 is 0 Å². The molecule has 1 aromatic rings. The first-order valence-corrected chi connectivity index (χ1v) is 12.8. The number of nitrogens with zero attached hydrogens (tertiary/aromatic N) is 2. The monoisotopic (exact) mass is 512 g/mol. The zero-order valence-corrected chi connectivity index (χ0v) is 21.9. The van der Waals surface area contributed by atoms with E-state index in [9.17, 15) is 24.3 Å². The second kappa shape index (κ2) is 10.7. The van der Waals surface area contributed by atoms with Crippen molar-refractivity contribution in [1.29, 1.82) is 0 Å². The average molecular weight is 513 g/mol. The molecule has 0 aliphatic carbocycles. The predicted octanol–water partition coefficient (Wildman–Crippen LogP) is 3.49. The van der Waals surface area contributed by atoms with Gasteiger partial charge in [0, 0.05) is 31.2 Å². The number of carbonyl (C=O) groups is 4. The Morgan fingerprint density at radius 3 is 2.59 bits per heavy atom. The number of hydrogen-bond acceptors (Lipinski definition) is 6. The molecule has 4 atom stereocenters. The quantitative estimate of drug-likeness (QED) is 0.613. The molecule has 3 aliphatic heterocycles. The number of carboxylic acid groups (broad SMARTS) is 1. The second-order valence-corrected chi connectivity index (χ2v) is 11.4. The number of carbonyl (C=O) groups excluding carboxylic acids is 3. The van der Waals surface area contributed by atoms with E-state index in [-0.39, 0.29) is 31.8 Å². The van der Waals surface area contributed by atoms with Gasteiger partial charge in [-0.3, -0.25) is 14.5 Å². The molecule has 2 amide bonds. The van der Waals surface area contributed by atoms with Crippen LogP contribution in [0.25, 0.3) is 6.08 Å². The normalized spacial score (nSPS) is 28.4. The second-order valence-electron chi connectivity index (χ2n) is 11.4. The van der Waals surface area contributed by atoms with Crippen LogP contribution in [0, 0.1) is 17.3 Å².